The van der Waals surface area contributed by atoms with Gasteiger partial charge in [-0.3, -0.25) is 4.90 Å². The number of benzene rings is 3. The van der Waals surface area contributed by atoms with Crippen molar-refractivity contribution in [3.8, 4) is 17.2 Å². The first-order valence-electron chi connectivity index (χ1n) is 14.4. The quantitative estimate of drug-likeness (QED) is 0.196. The summed E-state index contributed by atoms with van der Waals surface area (Å²) in [6.07, 6.45) is -5.40. The fourth-order valence-electron chi connectivity index (χ4n) is 4.91. The molecule has 1 N–H and O–H groups in total. The molecule has 4 aromatic rings. The largest absolute Gasteiger partial charge is 0.497 e. The third-order valence-electron chi connectivity index (χ3n) is 7.55. The van der Waals surface area contributed by atoms with E-state index in [0.717, 1.165) is 71.6 Å². The van der Waals surface area contributed by atoms with Crippen LogP contribution in [-0.2, 0) is 23.3 Å². The molecule has 5 rings (SSSR count). The fourth-order valence-corrected chi connectivity index (χ4v) is 5.86. The third-order valence-corrected chi connectivity index (χ3v) is 8.55. The minimum Gasteiger partial charge on any atom is -0.497 e. The summed E-state index contributed by atoms with van der Waals surface area (Å²) in [5, 5.41) is 18.6. The van der Waals surface area contributed by atoms with Gasteiger partial charge < -0.3 is 19.5 Å². The zero-order valence-electron chi connectivity index (χ0n) is 25.1. The van der Waals surface area contributed by atoms with E-state index in [0.29, 0.717) is 23.7 Å². The lowest BCUT2D eigenvalue weighted by Gasteiger charge is -2.35. The minimum absolute atomic E-state index is 0.440. The second-order valence-corrected chi connectivity index (χ2v) is 11.8. The molecule has 2 heterocycles. The van der Waals surface area contributed by atoms with Crippen molar-refractivity contribution < 1.29 is 32.5 Å². The Kier molecular flexibility index (Phi) is 9.88. The number of hydrogen-bond donors (Lipinski definition) is 1. The number of hydrogen-bond acceptors (Lipinski definition) is 8. The predicted octanol–water partition coefficient (Wildman–Crippen LogP) is 6.07. The maximum Gasteiger partial charge on any atom is 0.416 e. The van der Waals surface area contributed by atoms with Gasteiger partial charge in [-0.25, -0.2) is 4.79 Å². The fraction of sp³-hybridized carbons (Fsp3) is 0.344. The number of aromatic nitrogens is 3. The number of piperazine rings is 1. The monoisotopic (exact) mass is 641 g/mol. The summed E-state index contributed by atoms with van der Waals surface area (Å²) in [7, 11) is 1.64. The Labute approximate surface area is 263 Å². The minimum atomic E-state index is -4.43. The normalized spacial score (nSPS) is 14.8. The van der Waals surface area contributed by atoms with E-state index in [1.54, 1.807) is 13.2 Å². The van der Waals surface area contributed by atoms with E-state index in [9.17, 15) is 18.0 Å². The number of aliphatic carboxylic acids is 1. The van der Waals surface area contributed by atoms with Crippen LogP contribution in [0.3, 0.4) is 0 Å². The molecule has 0 spiro atoms. The molecule has 1 unspecified atom stereocenters. The summed E-state index contributed by atoms with van der Waals surface area (Å²) >= 11 is 1.54. The van der Waals surface area contributed by atoms with Gasteiger partial charge in [-0.15, -0.1) is 11.8 Å². The molecule has 13 heteroatoms. The number of carboxylic acids is 1. The molecule has 1 aliphatic rings. The number of aryl methyl sites for hydroxylation is 1. The lowest BCUT2D eigenvalue weighted by Crippen LogP contribution is -2.46. The van der Waals surface area contributed by atoms with E-state index in [1.807, 2.05) is 43.3 Å². The number of halogens is 3. The van der Waals surface area contributed by atoms with Crippen LogP contribution in [0.25, 0.3) is 5.69 Å². The Balaban J connectivity index is 1.31. The van der Waals surface area contributed by atoms with Crippen molar-refractivity contribution in [2.24, 2.45) is 0 Å². The van der Waals surface area contributed by atoms with Crippen molar-refractivity contribution in [1.82, 2.24) is 19.9 Å². The first-order valence-corrected chi connectivity index (χ1v) is 15.4. The number of carbonyl (C=O) groups is 1. The lowest BCUT2D eigenvalue weighted by molar-refractivity contribution is -0.144. The molecule has 1 fully saturated rings. The molecule has 1 atom stereocenters. The maximum absolute atomic E-state index is 13.1. The van der Waals surface area contributed by atoms with Gasteiger partial charge in [-0.2, -0.15) is 28.2 Å². The molecule has 1 aromatic heterocycles. The summed E-state index contributed by atoms with van der Waals surface area (Å²) in [4.78, 5) is 18.1. The van der Waals surface area contributed by atoms with Crippen LogP contribution in [0.4, 0.5) is 18.9 Å². The van der Waals surface area contributed by atoms with Gasteiger partial charge >= 0.3 is 12.1 Å². The molecule has 238 valence electrons. The van der Waals surface area contributed by atoms with E-state index >= 15 is 0 Å². The van der Waals surface area contributed by atoms with Crippen LogP contribution in [0.5, 0.6) is 11.5 Å². The number of ether oxygens (including phenoxy) is 2. The van der Waals surface area contributed by atoms with Crippen LogP contribution in [0.1, 0.15) is 29.4 Å². The number of nitrogens with zero attached hydrogens (tertiary/aromatic N) is 5. The van der Waals surface area contributed by atoms with E-state index in [2.05, 4.69) is 9.80 Å². The van der Waals surface area contributed by atoms with Crippen LogP contribution < -0.4 is 14.4 Å². The second-order valence-electron chi connectivity index (χ2n) is 10.7. The highest BCUT2D eigenvalue weighted by Crippen LogP contribution is 2.31. The smallest absolute Gasteiger partial charge is 0.416 e. The van der Waals surface area contributed by atoms with E-state index in [-0.39, 0.29) is 0 Å². The average Bonchev–Trinajstić information content (AvgIpc) is 3.43. The molecule has 0 saturated carbocycles. The first kappa shape index (κ1) is 32.2. The van der Waals surface area contributed by atoms with Gasteiger partial charge in [-0.1, -0.05) is 0 Å². The van der Waals surface area contributed by atoms with Crippen molar-refractivity contribution in [1.29, 1.82) is 0 Å². The second kappa shape index (κ2) is 13.8. The van der Waals surface area contributed by atoms with Crippen LogP contribution in [0.15, 0.2) is 71.6 Å². The number of thioether (sulfide) groups is 1. The van der Waals surface area contributed by atoms with Crippen molar-refractivity contribution in [2.75, 3.05) is 38.2 Å². The van der Waals surface area contributed by atoms with E-state index in [4.69, 9.17) is 24.8 Å². The lowest BCUT2D eigenvalue weighted by atomic mass is 10.2. The van der Waals surface area contributed by atoms with Crippen LogP contribution in [-0.4, -0.2) is 70.4 Å². The van der Waals surface area contributed by atoms with Crippen LogP contribution >= 0.6 is 11.8 Å². The number of carboxylic acid groups (broad SMARTS) is 1. The average molecular weight is 642 g/mol. The van der Waals surface area contributed by atoms with E-state index in [1.165, 1.54) is 35.6 Å². The highest BCUT2D eigenvalue weighted by Gasteiger charge is 2.30. The number of rotatable bonds is 11. The van der Waals surface area contributed by atoms with Gasteiger partial charge in [0.25, 0.3) is 0 Å². The molecule has 1 aliphatic heterocycles. The molecule has 0 aliphatic carbocycles. The molecule has 0 bridgehead atoms. The molecule has 9 nitrogen and oxygen atoms in total. The van der Waals surface area contributed by atoms with Gasteiger partial charge in [0.05, 0.1) is 24.1 Å². The first-order chi connectivity index (χ1) is 21.5. The summed E-state index contributed by atoms with van der Waals surface area (Å²) in [6.45, 7) is 7.15. The van der Waals surface area contributed by atoms with Gasteiger partial charge in [-0.05, 0) is 86.1 Å². The Morgan fingerprint density at radius 2 is 1.60 bits per heavy atom. The summed E-state index contributed by atoms with van der Waals surface area (Å²) in [6, 6.07) is 18.3. The Bertz CT molecular complexity index is 1600. The Hall–Kier alpha value is -4.23. The van der Waals surface area contributed by atoms with E-state index < -0.39 is 23.8 Å². The number of methoxy groups -OCH3 is 1. The Morgan fingerprint density at radius 1 is 0.956 bits per heavy atom. The highest BCUT2D eigenvalue weighted by molar-refractivity contribution is 7.98. The Morgan fingerprint density at radius 3 is 2.20 bits per heavy atom. The molecule has 3 aromatic carbocycles. The van der Waals surface area contributed by atoms with Crippen molar-refractivity contribution in [3.05, 3.63) is 89.2 Å². The van der Waals surface area contributed by atoms with Crippen molar-refractivity contribution in [2.45, 2.75) is 43.3 Å². The number of alkyl halides is 3. The van der Waals surface area contributed by atoms with Gasteiger partial charge in [0.15, 0.2) is 6.10 Å². The predicted molar refractivity (Wildman–Crippen MR) is 165 cm³/mol. The molecule has 0 amide bonds. The van der Waals surface area contributed by atoms with Crippen molar-refractivity contribution >= 4 is 23.4 Å². The highest BCUT2D eigenvalue weighted by atomic mass is 32.2. The number of anilines is 1. The zero-order valence-corrected chi connectivity index (χ0v) is 25.9. The zero-order chi connectivity index (χ0) is 32.1. The summed E-state index contributed by atoms with van der Waals surface area (Å²) in [5.41, 5.74) is 3.13. The van der Waals surface area contributed by atoms with Crippen molar-refractivity contribution in [3.63, 3.8) is 0 Å². The maximum atomic E-state index is 13.1. The summed E-state index contributed by atoms with van der Waals surface area (Å²) < 4.78 is 50.2. The summed E-state index contributed by atoms with van der Waals surface area (Å²) in [5.74, 6) is 0.745. The van der Waals surface area contributed by atoms with Crippen LogP contribution in [0, 0.1) is 6.92 Å². The topological polar surface area (TPSA) is 93.0 Å². The molecule has 1 saturated heterocycles. The van der Waals surface area contributed by atoms with Gasteiger partial charge in [0, 0.05) is 49.1 Å². The molecule has 45 heavy (non-hydrogen) atoms. The van der Waals surface area contributed by atoms with Gasteiger partial charge in [0.2, 0.25) is 0 Å². The van der Waals surface area contributed by atoms with Crippen LogP contribution in [0.2, 0.25) is 0 Å². The SMILES string of the molecule is COc1ccc(N2CCN(Cc3nn(-c4ccc(C(F)(F)F)cc4)nc3CSc3ccc(OC(C)C(=O)O)c(C)c3)CC2)cc1. The van der Waals surface area contributed by atoms with Gasteiger partial charge in [0.1, 0.15) is 17.2 Å². The molecular weight excluding hydrogens is 607 g/mol. The third kappa shape index (κ3) is 8.08. The standard InChI is InChI=1S/C32H34F3N5O4S/c1-21-18-27(12-13-30(21)44-22(2)31(41)42)45-20-29-28(36-40(37-29)25-6-4-23(5-7-25)32(33,34)35)19-38-14-16-39(17-15-38)24-8-10-26(43-3)11-9-24/h4-13,18,22H,14-17,19-20H2,1-3H3,(H,41,42). The molecule has 0 radical (unpaired) electrons. The molecular formula is C32H34F3N5O4S.